The van der Waals surface area contributed by atoms with Crippen LogP contribution >= 0.6 is 0 Å². The third kappa shape index (κ3) is 5.40. The van der Waals surface area contributed by atoms with E-state index in [0.717, 1.165) is 11.3 Å². The molecule has 0 aliphatic carbocycles. The summed E-state index contributed by atoms with van der Waals surface area (Å²) in [5, 5.41) is 9.12. The highest BCUT2D eigenvalue weighted by molar-refractivity contribution is 5.86. The molecule has 2 aromatic carbocycles. The Hall–Kier alpha value is -3.22. The van der Waals surface area contributed by atoms with Crippen molar-refractivity contribution in [3.05, 3.63) is 53.6 Å². The van der Waals surface area contributed by atoms with Crippen LogP contribution in [0.4, 0.5) is 0 Å². The van der Waals surface area contributed by atoms with E-state index in [1.54, 1.807) is 18.1 Å². The third-order valence-electron chi connectivity index (χ3n) is 4.80. The molecule has 1 aliphatic heterocycles. The average molecular weight is 399 g/mol. The summed E-state index contributed by atoms with van der Waals surface area (Å²) in [7, 11) is 1.56. The molecular weight excluding hydrogens is 374 g/mol. The molecule has 7 nitrogen and oxygen atoms in total. The molecule has 0 spiro atoms. The number of benzene rings is 2. The average Bonchev–Trinajstić information content (AvgIpc) is 3.07. The van der Waals surface area contributed by atoms with Gasteiger partial charge in [0, 0.05) is 19.5 Å². The van der Waals surface area contributed by atoms with Gasteiger partial charge >= 0.3 is 5.97 Å². The quantitative estimate of drug-likeness (QED) is 0.653. The predicted octanol–water partition coefficient (Wildman–Crippen LogP) is 2.89. The highest BCUT2D eigenvalue weighted by Gasteiger charge is 2.34. The summed E-state index contributed by atoms with van der Waals surface area (Å²) < 4.78 is 16.8. The summed E-state index contributed by atoms with van der Waals surface area (Å²) in [5.41, 5.74) is 2.01. The van der Waals surface area contributed by atoms with E-state index in [1.165, 1.54) is 5.56 Å². The summed E-state index contributed by atoms with van der Waals surface area (Å²) in [6.45, 7) is 3.28. The number of likely N-dealkylation sites (tertiary alicyclic amines) is 1. The fraction of sp³-hybridized carbons (Fsp3) is 0.364. The molecule has 1 fully saturated rings. The molecule has 1 aliphatic rings. The van der Waals surface area contributed by atoms with Gasteiger partial charge in [-0.25, -0.2) is 0 Å². The minimum absolute atomic E-state index is 0.0468. The number of aliphatic carboxylic acids is 1. The Balaban J connectivity index is 1.57. The number of carboxylic acid groups (broad SMARTS) is 1. The number of carbonyl (C=O) groups is 2. The number of amides is 1. The molecule has 0 bridgehead atoms. The van der Waals surface area contributed by atoms with Crippen molar-refractivity contribution in [2.24, 2.45) is 5.92 Å². The predicted molar refractivity (Wildman–Crippen MR) is 106 cm³/mol. The first kappa shape index (κ1) is 20.5. The Labute approximate surface area is 169 Å². The standard InChI is InChI=1S/C22H25NO6/c1-15-3-6-18(7-4-15)28-9-10-29-20-11-16(5-8-19(20)27-2)13-23-14-17(22(25)26)12-21(23)24/h3-8,11,17H,9-10,12-14H2,1-2H3,(H,25,26). The fourth-order valence-electron chi connectivity index (χ4n) is 3.19. The molecule has 1 heterocycles. The second-order valence-electron chi connectivity index (χ2n) is 7.01. The lowest BCUT2D eigenvalue weighted by Gasteiger charge is -2.18. The SMILES string of the molecule is COc1ccc(CN2CC(C(=O)O)CC2=O)cc1OCCOc1ccc(C)cc1. The Bertz CT molecular complexity index is 864. The molecule has 1 unspecified atom stereocenters. The van der Waals surface area contributed by atoms with Crippen LogP contribution < -0.4 is 14.2 Å². The van der Waals surface area contributed by atoms with Crippen molar-refractivity contribution in [3.8, 4) is 17.2 Å². The van der Waals surface area contributed by atoms with Crippen LogP contribution in [-0.2, 0) is 16.1 Å². The van der Waals surface area contributed by atoms with Gasteiger partial charge in [0.2, 0.25) is 5.91 Å². The summed E-state index contributed by atoms with van der Waals surface area (Å²) in [6.07, 6.45) is 0.0468. The Kier molecular flexibility index (Phi) is 6.59. The molecule has 1 saturated heterocycles. The van der Waals surface area contributed by atoms with E-state index in [4.69, 9.17) is 19.3 Å². The molecule has 0 aromatic heterocycles. The van der Waals surface area contributed by atoms with E-state index in [1.807, 2.05) is 43.3 Å². The van der Waals surface area contributed by atoms with Crippen molar-refractivity contribution in [1.82, 2.24) is 4.90 Å². The monoisotopic (exact) mass is 399 g/mol. The minimum atomic E-state index is -0.937. The topological polar surface area (TPSA) is 85.3 Å². The van der Waals surface area contributed by atoms with Crippen LogP contribution in [0.2, 0.25) is 0 Å². The van der Waals surface area contributed by atoms with E-state index in [0.29, 0.717) is 31.3 Å². The highest BCUT2D eigenvalue weighted by Crippen LogP contribution is 2.29. The largest absolute Gasteiger partial charge is 0.493 e. The van der Waals surface area contributed by atoms with Gasteiger partial charge in [0.25, 0.3) is 0 Å². The van der Waals surface area contributed by atoms with E-state index < -0.39 is 11.9 Å². The van der Waals surface area contributed by atoms with Crippen LogP contribution in [0.15, 0.2) is 42.5 Å². The molecule has 7 heteroatoms. The lowest BCUT2D eigenvalue weighted by atomic mass is 10.1. The van der Waals surface area contributed by atoms with Crippen molar-refractivity contribution in [2.75, 3.05) is 26.9 Å². The van der Waals surface area contributed by atoms with Gasteiger partial charge < -0.3 is 24.2 Å². The van der Waals surface area contributed by atoms with Gasteiger partial charge in [-0.2, -0.15) is 0 Å². The Morgan fingerprint density at radius 3 is 2.48 bits per heavy atom. The van der Waals surface area contributed by atoms with Crippen molar-refractivity contribution in [3.63, 3.8) is 0 Å². The molecule has 0 radical (unpaired) electrons. The molecule has 1 N–H and O–H groups in total. The number of carbonyl (C=O) groups excluding carboxylic acids is 1. The lowest BCUT2D eigenvalue weighted by molar-refractivity contribution is -0.141. The molecule has 3 rings (SSSR count). The molecule has 2 aromatic rings. The molecule has 1 amide bonds. The minimum Gasteiger partial charge on any atom is -0.493 e. The first-order valence-electron chi connectivity index (χ1n) is 9.46. The van der Waals surface area contributed by atoms with Crippen LogP contribution in [-0.4, -0.2) is 48.8 Å². The maximum atomic E-state index is 12.1. The van der Waals surface area contributed by atoms with E-state index >= 15 is 0 Å². The first-order chi connectivity index (χ1) is 14.0. The molecular formula is C22H25NO6. The molecule has 29 heavy (non-hydrogen) atoms. The maximum Gasteiger partial charge on any atom is 0.308 e. The van der Waals surface area contributed by atoms with E-state index in [2.05, 4.69) is 0 Å². The van der Waals surface area contributed by atoms with E-state index in [9.17, 15) is 9.59 Å². The maximum absolute atomic E-state index is 12.1. The zero-order valence-electron chi connectivity index (χ0n) is 16.6. The van der Waals surface area contributed by atoms with Gasteiger partial charge in [-0.1, -0.05) is 23.8 Å². The number of hydrogen-bond donors (Lipinski definition) is 1. The van der Waals surface area contributed by atoms with Gasteiger partial charge in [0.1, 0.15) is 19.0 Å². The lowest BCUT2D eigenvalue weighted by Crippen LogP contribution is -2.25. The number of ether oxygens (including phenoxy) is 3. The summed E-state index contributed by atoms with van der Waals surface area (Å²) in [6, 6.07) is 13.2. The summed E-state index contributed by atoms with van der Waals surface area (Å²) in [4.78, 5) is 24.7. The van der Waals surface area contributed by atoms with Crippen LogP contribution in [0.25, 0.3) is 0 Å². The molecule has 0 saturated carbocycles. The smallest absolute Gasteiger partial charge is 0.308 e. The zero-order valence-corrected chi connectivity index (χ0v) is 16.6. The van der Waals surface area contributed by atoms with Crippen LogP contribution in [0.5, 0.6) is 17.2 Å². The highest BCUT2D eigenvalue weighted by atomic mass is 16.5. The second kappa shape index (κ2) is 9.32. The zero-order chi connectivity index (χ0) is 20.8. The number of aryl methyl sites for hydroxylation is 1. The van der Waals surface area contributed by atoms with Crippen molar-refractivity contribution >= 4 is 11.9 Å². The number of nitrogens with zero attached hydrogens (tertiary/aromatic N) is 1. The number of hydrogen-bond acceptors (Lipinski definition) is 5. The van der Waals surface area contributed by atoms with E-state index in [-0.39, 0.29) is 18.9 Å². The van der Waals surface area contributed by atoms with Gasteiger partial charge in [0.05, 0.1) is 13.0 Å². The third-order valence-corrected chi connectivity index (χ3v) is 4.80. The fourth-order valence-corrected chi connectivity index (χ4v) is 3.19. The van der Waals surface area contributed by atoms with Crippen molar-refractivity contribution in [2.45, 2.75) is 19.9 Å². The van der Waals surface area contributed by atoms with Gasteiger partial charge in [-0.3, -0.25) is 9.59 Å². The Morgan fingerprint density at radius 2 is 1.83 bits per heavy atom. The second-order valence-corrected chi connectivity index (χ2v) is 7.01. The normalized spacial score (nSPS) is 16.0. The summed E-state index contributed by atoms with van der Waals surface area (Å²) >= 11 is 0. The van der Waals surface area contributed by atoms with Crippen LogP contribution in [0, 0.1) is 12.8 Å². The van der Waals surface area contributed by atoms with Gasteiger partial charge in [-0.05, 0) is 36.8 Å². The summed E-state index contributed by atoms with van der Waals surface area (Å²) in [5.74, 6) is 0.186. The van der Waals surface area contributed by atoms with Gasteiger partial charge in [0.15, 0.2) is 11.5 Å². The number of rotatable bonds is 9. The van der Waals surface area contributed by atoms with Crippen LogP contribution in [0.3, 0.4) is 0 Å². The van der Waals surface area contributed by atoms with Crippen LogP contribution in [0.1, 0.15) is 17.5 Å². The number of methoxy groups -OCH3 is 1. The van der Waals surface area contributed by atoms with Crippen molar-refractivity contribution in [1.29, 1.82) is 0 Å². The van der Waals surface area contributed by atoms with Gasteiger partial charge in [-0.15, -0.1) is 0 Å². The first-order valence-corrected chi connectivity index (χ1v) is 9.46. The number of carboxylic acids is 1. The molecule has 154 valence electrons. The molecule has 1 atom stereocenters. The van der Waals surface area contributed by atoms with Crippen molar-refractivity contribution < 1.29 is 28.9 Å². The Morgan fingerprint density at radius 1 is 1.10 bits per heavy atom.